The monoisotopic (exact) mass is 209 g/mol. The average molecular weight is 209 g/mol. The van der Waals surface area contributed by atoms with E-state index in [-0.39, 0.29) is 0 Å². The van der Waals surface area contributed by atoms with Crippen LogP contribution < -0.4 is 5.32 Å². The molecular formula is C12H23N3. The number of rotatable bonds is 7. The minimum Gasteiger partial charge on any atom is -0.316 e. The molecule has 0 aliphatic heterocycles. The zero-order valence-electron chi connectivity index (χ0n) is 10.2. The number of unbranched alkanes of at least 4 members (excludes halogenated alkanes) is 1. The van der Waals surface area contributed by atoms with Crippen molar-refractivity contribution in [1.82, 2.24) is 15.1 Å². The van der Waals surface area contributed by atoms with E-state index in [0.29, 0.717) is 0 Å². The quantitative estimate of drug-likeness (QED) is 0.747. The van der Waals surface area contributed by atoms with Gasteiger partial charge in [0.2, 0.25) is 0 Å². The lowest BCUT2D eigenvalue weighted by molar-refractivity contribution is 0.544. The Morgan fingerprint density at radius 3 is 2.73 bits per heavy atom. The molecule has 0 bridgehead atoms. The Bertz CT molecular complexity index is 278. The second kappa shape index (κ2) is 6.62. The summed E-state index contributed by atoms with van der Waals surface area (Å²) in [5.74, 6) is 0. The standard InChI is InChI=1S/C12H23N3/c1-4-6-8-15-12(7-5-2)11(9-13-3)10-14-15/h10,13H,4-9H2,1-3H3. The molecule has 0 saturated heterocycles. The lowest BCUT2D eigenvalue weighted by atomic mass is 10.1. The molecule has 15 heavy (non-hydrogen) atoms. The van der Waals surface area contributed by atoms with Gasteiger partial charge in [-0.05, 0) is 19.9 Å². The Kier molecular flexibility index (Phi) is 5.40. The maximum absolute atomic E-state index is 4.47. The molecule has 0 fully saturated rings. The van der Waals surface area contributed by atoms with Crippen molar-refractivity contribution in [2.45, 2.75) is 52.6 Å². The predicted octanol–water partition coefficient (Wildman–Crippen LogP) is 2.36. The lowest BCUT2D eigenvalue weighted by Crippen LogP contribution is -2.10. The van der Waals surface area contributed by atoms with Crippen molar-refractivity contribution in [3.63, 3.8) is 0 Å². The number of hydrogen-bond acceptors (Lipinski definition) is 2. The van der Waals surface area contributed by atoms with Gasteiger partial charge in [0.15, 0.2) is 0 Å². The van der Waals surface area contributed by atoms with Crippen molar-refractivity contribution in [3.05, 3.63) is 17.5 Å². The molecule has 0 unspecified atom stereocenters. The summed E-state index contributed by atoms with van der Waals surface area (Å²) in [5.41, 5.74) is 2.77. The van der Waals surface area contributed by atoms with Gasteiger partial charge in [0.05, 0.1) is 6.20 Å². The number of aromatic nitrogens is 2. The van der Waals surface area contributed by atoms with Gasteiger partial charge in [-0.25, -0.2) is 0 Å². The highest BCUT2D eigenvalue weighted by molar-refractivity contribution is 5.17. The van der Waals surface area contributed by atoms with E-state index in [4.69, 9.17) is 0 Å². The van der Waals surface area contributed by atoms with E-state index in [2.05, 4.69) is 28.9 Å². The molecule has 1 aromatic heterocycles. The molecule has 1 heterocycles. The first-order valence-corrected chi connectivity index (χ1v) is 6.01. The normalized spacial score (nSPS) is 10.9. The van der Waals surface area contributed by atoms with E-state index >= 15 is 0 Å². The van der Waals surface area contributed by atoms with Crippen LogP contribution in [0, 0.1) is 0 Å². The molecule has 0 saturated carbocycles. The van der Waals surface area contributed by atoms with Crippen molar-refractivity contribution < 1.29 is 0 Å². The number of nitrogens with one attached hydrogen (secondary N) is 1. The van der Waals surface area contributed by atoms with Crippen LogP contribution in [-0.2, 0) is 19.5 Å². The second-order valence-electron chi connectivity index (χ2n) is 3.97. The zero-order chi connectivity index (χ0) is 11.1. The first-order valence-electron chi connectivity index (χ1n) is 6.01. The maximum Gasteiger partial charge on any atom is 0.0537 e. The van der Waals surface area contributed by atoms with Gasteiger partial charge >= 0.3 is 0 Å². The summed E-state index contributed by atoms with van der Waals surface area (Å²) in [6.07, 6.45) is 6.79. The van der Waals surface area contributed by atoms with Crippen LogP contribution >= 0.6 is 0 Å². The fourth-order valence-electron chi connectivity index (χ4n) is 1.81. The molecule has 0 spiro atoms. The molecule has 0 amide bonds. The third-order valence-electron chi connectivity index (χ3n) is 2.61. The first-order chi connectivity index (χ1) is 7.33. The minimum atomic E-state index is 0.932. The van der Waals surface area contributed by atoms with E-state index < -0.39 is 0 Å². The summed E-state index contributed by atoms with van der Waals surface area (Å²) in [4.78, 5) is 0. The van der Waals surface area contributed by atoms with Crippen LogP contribution in [0.4, 0.5) is 0 Å². The Morgan fingerprint density at radius 1 is 1.33 bits per heavy atom. The number of nitrogens with zero attached hydrogens (tertiary/aromatic N) is 2. The lowest BCUT2D eigenvalue weighted by Gasteiger charge is -2.08. The smallest absolute Gasteiger partial charge is 0.0537 e. The molecular weight excluding hydrogens is 186 g/mol. The van der Waals surface area contributed by atoms with Gasteiger partial charge in [-0.1, -0.05) is 26.7 Å². The topological polar surface area (TPSA) is 29.9 Å². The third kappa shape index (κ3) is 3.34. The van der Waals surface area contributed by atoms with Gasteiger partial charge in [-0.15, -0.1) is 0 Å². The van der Waals surface area contributed by atoms with Crippen LogP contribution in [0.3, 0.4) is 0 Å². The zero-order valence-corrected chi connectivity index (χ0v) is 10.2. The van der Waals surface area contributed by atoms with Crippen LogP contribution in [-0.4, -0.2) is 16.8 Å². The van der Waals surface area contributed by atoms with Gasteiger partial charge in [-0.3, -0.25) is 4.68 Å². The average Bonchev–Trinajstić information content (AvgIpc) is 2.60. The van der Waals surface area contributed by atoms with Crippen LogP contribution in [0.1, 0.15) is 44.4 Å². The molecule has 1 rings (SSSR count). The molecule has 1 N–H and O–H groups in total. The highest BCUT2D eigenvalue weighted by atomic mass is 15.3. The third-order valence-corrected chi connectivity index (χ3v) is 2.61. The first kappa shape index (κ1) is 12.2. The Labute approximate surface area is 92.9 Å². The summed E-state index contributed by atoms with van der Waals surface area (Å²) in [6.45, 7) is 6.44. The summed E-state index contributed by atoms with van der Waals surface area (Å²) in [5, 5.41) is 7.67. The fourth-order valence-corrected chi connectivity index (χ4v) is 1.81. The SMILES string of the molecule is CCCCn1ncc(CNC)c1CCC. The van der Waals surface area contributed by atoms with E-state index in [1.54, 1.807) is 0 Å². The van der Waals surface area contributed by atoms with E-state index in [9.17, 15) is 0 Å². The van der Waals surface area contributed by atoms with Crippen molar-refractivity contribution in [2.75, 3.05) is 7.05 Å². The molecule has 1 aromatic rings. The van der Waals surface area contributed by atoms with Gasteiger partial charge in [0.1, 0.15) is 0 Å². The Morgan fingerprint density at radius 2 is 2.13 bits per heavy atom. The van der Waals surface area contributed by atoms with E-state index in [1.807, 2.05) is 13.2 Å². The van der Waals surface area contributed by atoms with Crippen molar-refractivity contribution in [3.8, 4) is 0 Å². The molecule has 86 valence electrons. The second-order valence-corrected chi connectivity index (χ2v) is 3.97. The maximum atomic E-state index is 4.47. The van der Waals surface area contributed by atoms with Gasteiger partial charge in [0.25, 0.3) is 0 Å². The van der Waals surface area contributed by atoms with Crippen molar-refractivity contribution in [1.29, 1.82) is 0 Å². The molecule has 0 aliphatic rings. The molecule has 0 radical (unpaired) electrons. The number of hydrogen-bond donors (Lipinski definition) is 1. The van der Waals surface area contributed by atoms with Gasteiger partial charge < -0.3 is 5.32 Å². The molecule has 0 aliphatic carbocycles. The Hall–Kier alpha value is -0.830. The van der Waals surface area contributed by atoms with E-state index in [0.717, 1.165) is 19.5 Å². The van der Waals surface area contributed by atoms with Crippen molar-refractivity contribution >= 4 is 0 Å². The highest BCUT2D eigenvalue weighted by Crippen LogP contribution is 2.12. The van der Waals surface area contributed by atoms with Gasteiger partial charge in [0, 0.05) is 24.3 Å². The Balaban J connectivity index is 2.75. The molecule has 3 nitrogen and oxygen atoms in total. The highest BCUT2D eigenvalue weighted by Gasteiger charge is 2.08. The molecule has 0 atom stereocenters. The summed E-state index contributed by atoms with van der Waals surface area (Å²) >= 11 is 0. The fraction of sp³-hybridized carbons (Fsp3) is 0.750. The van der Waals surface area contributed by atoms with Gasteiger partial charge in [-0.2, -0.15) is 5.10 Å². The molecule has 0 aromatic carbocycles. The minimum absolute atomic E-state index is 0.932. The van der Waals surface area contributed by atoms with Crippen molar-refractivity contribution in [2.24, 2.45) is 0 Å². The van der Waals surface area contributed by atoms with Crippen LogP contribution in [0.5, 0.6) is 0 Å². The summed E-state index contributed by atoms with van der Waals surface area (Å²) in [7, 11) is 1.99. The number of aryl methyl sites for hydroxylation is 1. The van der Waals surface area contributed by atoms with Crippen LogP contribution in [0.2, 0.25) is 0 Å². The summed E-state index contributed by atoms with van der Waals surface area (Å²) < 4.78 is 2.18. The molecule has 3 heteroatoms. The van der Waals surface area contributed by atoms with Crippen LogP contribution in [0.25, 0.3) is 0 Å². The van der Waals surface area contributed by atoms with E-state index in [1.165, 1.54) is 30.5 Å². The van der Waals surface area contributed by atoms with Crippen LogP contribution in [0.15, 0.2) is 6.20 Å². The predicted molar refractivity (Wildman–Crippen MR) is 63.9 cm³/mol. The largest absolute Gasteiger partial charge is 0.316 e. The summed E-state index contributed by atoms with van der Waals surface area (Å²) in [6, 6.07) is 0.